The molecule has 0 bridgehead atoms. The number of likely N-dealkylation sites (tertiary alicyclic amines) is 1. The number of hydrogen-bond donors (Lipinski definition) is 1. The molecule has 0 saturated carbocycles. The van der Waals surface area contributed by atoms with E-state index in [2.05, 4.69) is 15.9 Å². The molecule has 0 aromatic heterocycles. The molecule has 0 aliphatic carbocycles. The van der Waals surface area contributed by atoms with Crippen LogP contribution in [0.1, 0.15) is 35.7 Å². The number of carboxylic acids is 1. The van der Waals surface area contributed by atoms with E-state index in [0.717, 1.165) is 25.9 Å². The van der Waals surface area contributed by atoms with Crippen LogP contribution >= 0.6 is 39.1 Å². The van der Waals surface area contributed by atoms with Crippen molar-refractivity contribution in [3.05, 3.63) is 69.7 Å². The van der Waals surface area contributed by atoms with Gasteiger partial charge in [0, 0.05) is 23.1 Å². The molecule has 3 rings (SSSR count). The van der Waals surface area contributed by atoms with Crippen LogP contribution in [0.3, 0.4) is 0 Å². The Hall–Kier alpha value is -2.09. The fraction of sp³-hybridized carbons (Fsp3) is 0.348. The minimum Gasteiger partial charge on any atom is -0.481 e. The quantitative estimate of drug-likeness (QED) is 0.394. The van der Waals surface area contributed by atoms with E-state index in [4.69, 9.17) is 33.0 Å². The SMILES string of the molecule is C[C@@H](OC(=O)C(Br)c1ccccc1Cl)C(=O)N1CCCC1.O=C(O)Cc1ccccc1Cl. The lowest BCUT2D eigenvalue weighted by atomic mass is 10.1. The maximum Gasteiger partial charge on any atom is 0.325 e. The number of ether oxygens (including phenoxy) is 1. The molecule has 6 nitrogen and oxygen atoms in total. The number of benzene rings is 2. The highest BCUT2D eigenvalue weighted by molar-refractivity contribution is 9.09. The number of rotatable bonds is 6. The minimum absolute atomic E-state index is 0.0142. The number of amides is 1. The zero-order valence-corrected chi connectivity index (χ0v) is 20.6. The van der Waals surface area contributed by atoms with Crippen LogP contribution in [0.4, 0.5) is 0 Å². The molecule has 1 saturated heterocycles. The number of aliphatic carboxylic acids is 1. The van der Waals surface area contributed by atoms with Gasteiger partial charge in [0.25, 0.3) is 5.91 Å². The number of carbonyl (C=O) groups excluding carboxylic acids is 2. The molecule has 1 aliphatic rings. The van der Waals surface area contributed by atoms with Crippen molar-refractivity contribution in [2.24, 2.45) is 0 Å². The van der Waals surface area contributed by atoms with Crippen molar-refractivity contribution in [1.29, 1.82) is 0 Å². The Labute approximate surface area is 205 Å². The lowest BCUT2D eigenvalue weighted by Crippen LogP contribution is -2.38. The topological polar surface area (TPSA) is 83.9 Å². The molecule has 172 valence electrons. The second kappa shape index (κ2) is 12.8. The molecule has 32 heavy (non-hydrogen) atoms. The Bertz CT molecular complexity index is 949. The molecule has 1 N–H and O–H groups in total. The third kappa shape index (κ3) is 7.80. The second-order valence-corrected chi connectivity index (χ2v) is 8.89. The zero-order valence-electron chi connectivity index (χ0n) is 17.5. The van der Waals surface area contributed by atoms with E-state index in [0.29, 0.717) is 21.2 Å². The normalized spacial score (nSPS) is 14.7. The van der Waals surface area contributed by atoms with Gasteiger partial charge in [0.05, 0.1) is 6.42 Å². The second-order valence-electron chi connectivity index (χ2n) is 7.16. The fourth-order valence-electron chi connectivity index (χ4n) is 3.09. The highest BCUT2D eigenvalue weighted by atomic mass is 79.9. The summed E-state index contributed by atoms with van der Waals surface area (Å²) in [5.74, 6) is -1.51. The number of hydrogen-bond acceptors (Lipinski definition) is 4. The Morgan fingerprint density at radius 2 is 1.59 bits per heavy atom. The first-order valence-corrected chi connectivity index (χ1v) is 11.7. The molecular formula is C23H24BrCl2NO5. The first kappa shape index (κ1) is 26.2. The van der Waals surface area contributed by atoms with Crippen LogP contribution in [-0.2, 0) is 25.5 Å². The summed E-state index contributed by atoms with van der Waals surface area (Å²) in [5, 5.41) is 9.42. The molecule has 0 radical (unpaired) electrons. The predicted octanol–water partition coefficient (Wildman–Crippen LogP) is 5.30. The maximum absolute atomic E-state index is 12.1. The smallest absolute Gasteiger partial charge is 0.325 e. The van der Waals surface area contributed by atoms with Crippen molar-refractivity contribution >= 4 is 57.0 Å². The summed E-state index contributed by atoms with van der Waals surface area (Å²) in [5.41, 5.74) is 1.28. The Morgan fingerprint density at radius 3 is 2.16 bits per heavy atom. The molecule has 1 aliphatic heterocycles. The van der Waals surface area contributed by atoms with Crippen LogP contribution in [0, 0.1) is 0 Å². The highest BCUT2D eigenvalue weighted by Crippen LogP contribution is 2.30. The van der Waals surface area contributed by atoms with E-state index >= 15 is 0 Å². The highest BCUT2D eigenvalue weighted by Gasteiger charge is 2.29. The van der Waals surface area contributed by atoms with E-state index in [9.17, 15) is 14.4 Å². The van der Waals surface area contributed by atoms with Crippen LogP contribution in [0.25, 0.3) is 0 Å². The summed E-state index contributed by atoms with van der Waals surface area (Å²) in [6.45, 7) is 3.08. The molecular weight excluding hydrogens is 521 g/mol. The van der Waals surface area contributed by atoms with Gasteiger partial charge in [-0.2, -0.15) is 0 Å². The Morgan fingerprint density at radius 1 is 1.03 bits per heavy atom. The van der Waals surface area contributed by atoms with Crippen molar-refractivity contribution < 1.29 is 24.2 Å². The molecule has 0 spiro atoms. The van der Waals surface area contributed by atoms with Crippen molar-refractivity contribution in [2.45, 2.75) is 37.1 Å². The van der Waals surface area contributed by atoms with E-state index in [1.807, 2.05) is 0 Å². The van der Waals surface area contributed by atoms with Crippen LogP contribution < -0.4 is 0 Å². The number of esters is 1. The first-order chi connectivity index (χ1) is 15.2. The molecule has 1 unspecified atom stereocenters. The summed E-state index contributed by atoms with van der Waals surface area (Å²) >= 11 is 15.0. The van der Waals surface area contributed by atoms with E-state index in [1.165, 1.54) is 0 Å². The van der Waals surface area contributed by atoms with Gasteiger partial charge in [0.2, 0.25) is 0 Å². The summed E-state index contributed by atoms with van der Waals surface area (Å²) in [7, 11) is 0. The van der Waals surface area contributed by atoms with Crippen molar-refractivity contribution in [1.82, 2.24) is 4.90 Å². The van der Waals surface area contributed by atoms with Gasteiger partial charge >= 0.3 is 11.9 Å². The Balaban J connectivity index is 0.000000278. The standard InChI is InChI=1S/C15H17BrClNO3.C8H7ClO2/c1-10(14(19)18-8-4-5-9-18)21-15(20)13(16)11-6-2-3-7-12(11)17;9-7-4-2-1-3-6(7)5-8(10)11/h2-3,6-7,10,13H,4-5,8-9H2,1H3;1-4H,5H2,(H,10,11)/t10-,13?;/m1./s1. The average molecular weight is 545 g/mol. The summed E-state index contributed by atoms with van der Waals surface area (Å²) in [4.78, 5) is 35.6. The zero-order chi connectivity index (χ0) is 23.7. The average Bonchev–Trinajstić information content (AvgIpc) is 3.29. The predicted molar refractivity (Wildman–Crippen MR) is 127 cm³/mol. The van der Waals surface area contributed by atoms with Gasteiger partial charge in [-0.1, -0.05) is 75.5 Å². The van der Waals surface area contributed by atoms with Gasteiger partial charge in [-0.3, -0.25) is 14.4 Å². The molecule has 1 fully saturated rings. The lowest BCUT2D eigenvalue weighted by molar-refractivity contribution is -0.158. The molecule has 1 heterocycles. The van der Waals surface area contributed by atoms with Crippen molar-refractivity contribution in [3.63, 3.8) is 0 Å². The number of carboxylic acid groups (broad SMARTS) is 1. The van der Waals surface area contributed by atoms with Gasteiger partial charge in [-0.05, 0) is 43.0 Å². The monoisotopic (exact) mass is 543 g/mol. The molecule has 1 amide bonds. The van der Waals surface area contributed by atoms with Gasteiger partial charge < -0.3 is 14.7 Å². The third-order valence-electron chi connectivity index (χ3n) is 4.74. The summed E-state index contributed by atoms with van der Waals surface area (Å²) in [6, 6.07) is 14.0. The first-order valence-electron chi connectivity index (χ1n) is 10.0. The van der Waals surface area contributed by atoms with Crippen molar-refractivity contribution in [3.8, 4) is 0 Å². The lowest BCUT2D eigenvalue weighted by Gasteiger charge is -2.21. The molecule has 2 aromatic rings. The number of halogens is 3. The number of alkyl halides is 1. The fourth-order valence-corrected chi connectivity index (χ4v) is 4.18. The number of nitrogens with zero attached hydrogens (tertiary/aromatic N) is 1. The van der Waals surface area contributed by atoms with Crippen LogP contribution in [0.2, 0.25) is 10.0 Å². The molecule has 9 heteroatoms. The van der Waals surface area contributed by atoms with Crippen LogP contribution in [-0.4, -0.2) is 47.0 Å². The maximum atomic E-state index is 12.1. The molecule has 2 atom stereocenters. The van der Waals surface area contributed by atoms with Gasteiger partial charge in [0.15, 0.2) is 6.10 Å². The van der Waals surface area contributed by atoms with Gasteiger partial charge in [-0.15, -0.1) is 0 Å². The van der Waals surface area contributed by atoms with Crippen LogP contribution in [0.15, 0.2) is 48.5 Å². The van der Waals surface area contributed by atoms with E-state index in [1.54, 1.807) is 60.4 Å². The minimum atomic E-state index is -0.863. The summed E-state index contributed by atoms with van der Waals surface area (Å²) in [6.07, 6.45) is 1.22. The molecule has 2 aromatic carbocycles. The number of carbonyl (C=O) groups is 3. The Kier molecular flexibility index (Phi) is 10.5. The van der Waals surface area contributed by atoms with Crippen LogP contribution in [0.5, 0.6) is 0 Å². The van der Waals surface area contributed by atoms with Crippen molar-refractivity contribution in [2.75, 3.05) is 13.1 Å². The largest absolute Gasteiger partial charge is 0.481 e. The van der Waals surface area contributed by atoms with E-state index in [-0.39, 0.29) is 12.3 Å². The van der Waals surface area contributed by atoms with Gasteiger partial charge in [-0.25, -0.2) is 0 Å². The van der Waals surface area contributed by atoms with E-state index < -0.39 is 22.9 Å². The third-order valence-corrected chi connectivity index (χ3v) is 6.32. The summed E-state index contributed by atoms with van der Waals surface area (Å²) < 4.78 is 5.26. The van der Waals surface area contributed by atoms with Gasteiger partial charge in [0.1, 0.15) is 4.83 Å².